The molecule has 1 aromatic carbocycles. The number of amides is 1. The number of nitrogens with one attached hydrogen (secondary N) is 1. The van der Waals surface area contributed by atoms with Crippen LogP contribution in [-0.2, 0) is 21.4 Å². The first kappa shape index (κ1) is 35.5. The van der Waals surface area contributed by atoms with E-state index >= 15 is 0 Å². The Morgan fingerprint density at radius 3 is 2.41 bits per heavy atom. The van der Waals surface area contributed by atoms with Gasteiger partial charge in [-0.15, -0.1) is 0 Å². The number of Topliss-reactive ketones (excluding diaryl/α,β-unsaturated/α-hetero) is 1. The van der Waals surface area contributed by atoms with E-state index in [0.29, 0.717) is 19.3 Å². The summed E-state index contributed by atoms with van der Waals surface area (Å²) in [6.07, 6.45) is 16.6. The van der Waals surface area contributed by atoms with Gasteiger partial charge in [0.25, 0.3) is 0 Å². The summed E-state index contributed by atoms with van der Waals surface area (Å²) < 4.78 is 13.4. The average Bonchev–Trinajstić information content (AvgIpc) is 3.33. The molecule has 0 radical (unpaired) electrons. The van der Waals surface area contributed by atoms with E-state index in [0.717, 1.165) is 60.9 Å². The fraction of sp³-hybridized carbons (Fsp3) is 0.515. The topological polar surface area (TPSA) is 84.3 Å². The molecule has 0 bridgehead atoms. The van der Waals surface area contributed by atoms with Gasteiger partial charge in [0.1, 0.15) is 12.1 Å². The van der Waals surface area contributed by atoms with E-state index in [1.54, 1.807) is 18.7 Å². The first-order valence-corrected chi connectivity index (χ1v) is 14.7. The molecule has 2 heterocycles. The monoisotopic (exact) mass is 568 g/mol. The van der Waals surface area contributed by atoms with Crippen molar-refractivity contribution in [2.45, 2.75) is 72.1 Å². The number of aldehydes is 1. The van der Waals surface area contributed by atoms with Crippen molar-refractivity contribution in [3.63, 3.8) is 0 Å². The smallest absolute Gasteiger partial charge is 0.219 e. The third-order valence-corrected chi connectivity index (χ3v) is 6.94. The Labute approximate surface area is 245 Å². The molecule has 1 fully saturated rings. The molecule has 3 rings (SSSR count). The predicted molar refractivity (Wildman–Crippen MR) is 168 cm³/mol. The van der Waals surface area contributed by atoms with E-state index in [2.05, 4.69) is 27.4 Å². The van der Waals surface area contributed by atoms with Crippen molar-refractivity contribution in [2.24, 2.45) is 13.0 Å². The lowest BCUT2D eigenvalue weighted by molar-refractivity contribution is -0.122. The first-order valence-electron chi connectivity index (χ1n) is 14.7. The summed E-state index contributed by atoms with van der Waals surface area (Å²) in [7, 11) is 3.47. The van der Waals surface area contributed by atoms with Crippen molar-refractivity contribution in [3.05, 3.63) is 60.3 Å². The molecule has 1 aliphatic rings. The zero-order valence-electron chi connectivity index (χ0n) is 25.7. The van der Waals surface area contributed by atoms with Crippen LogP contribution in [0.3, 0.4) is 0 Å². The van der Waals surface area contributed by atoms with Gasteiger partial charge in [0.05, 0.1) is 23.8 Å². The van der Waals surface area contributed by atoms with Gasteiger partial charge in [0, 0.05) is 50.6 Å². The van der Waals surface area contributed by atoms with Gasteiger partial charge >= 0.3 is 0 Å². The summed E-state index contributed by atoms with van der Waals surface area (Å²) >= 11 is 0. The number of rotatable bonds is 12. The van der Waals surface area contributed by atoms with Gasteiger partial charge in [0.15, 0.2) is 0 Å². The molecule has 2 aromatic rings. The van der Waals surface area contributed by atoms with Crippen LogP contribution >= 0.6 is 0 Å². The Morgan fingerprint density at radius 2 is 1.83 bits per heavy atom. The van der Waals surface area contributed by atoms with Crippen molar-refractivity contribution >= 4 is 34.6 Å². The zero-order chi connectivity index (χ0) is 30.6. The van der Waals surface area contributed by atoms with Crippen molar-refractivity contribution in [2.75, 3.05) is 31.7 Å². The molecular weight excluding hydrogens is 519 g/mol. The number of aryl methyl sites for hydroxylation is 1. The van der Waals surface area contributed by atoms with Crippen LogP contribution in [0.15, 0.2) is 54.7 Å². The number of hydrogen-bond acceptors (Lipinski definition) is 5. The number of ketones is 1. The van der Waals surface area contributed by atoms with Crippen LogP contribution in [0.1, 0.15) is 77.8 Å². The Bertz CT molecular complexity index is 1160. The Kier molecular flexibility index (Phi) is 17.6. The van der Waals surface area contributed by atoms with Crippen LogP contribution < -0.4 is 10.2 Å². The van der Waals surface area contributed by atoms with Crippen molar-refractivity contribution in [1.29, 1.82) is 0 Å². The average molecular weight is 569 g/mol. The van der Waals surface area contributed by atoms with Crippen molar-refractivity contribution in [3.8, 4) is 0 Å². The van der Waals surface area contributed by atoms with E-state index in [9.17, 15) is 18.8 Å². The van der Waals surface area contributed by atoms with Gasteiger partial charge in [-0.2, -0.15) is 5.10 Å². The molecule has 1 amide bonds. The number of carbonyl (C=O) groups is 3. The standard InChI is InChI=1S/C21H28N4O3.C10H15F.C2H6/c1-14(27)15-8-10-25(11-9-15)17-5-6-18-19(12-17)24(3)23-21(18)16(13-26)4-7-20(28)22-2;1-2-3-4-5-6-7-8-9-10-11;1-2/h5-6,12-13,15-16H,4,7-11H2,1-3H3,(H,22,28);2-7H,8-10H2,1H3;1-2H3/b;3-2+,5-4+,7-6?;. The molecule has 1 saturated heterocycles. The van der Waals surface area contributed by atoms with Gasteiger partial charge in [-0.25, -0.2) is 0 Å². The summed E-state index contributed by atoms with van der Waals surface area (Å²) in [5.41, 5.74) is 2.79. The maximum Gasteiger partial charge on any atom is 0.219 e. The van der Waals surface area contributed by atoms with E-state index in [1.807, 2.05) is 70.3 Å². The molecule has 7 nitrogen and oxygen atoms in total. The van der Waals surface area contributed by atoms with Crippen LogP contribution in [0.2, 0.25) is 0 Å². The molecule has 0 spiro atoms. The lowest BCUT2D eigenvalue weighted by atomic mass is 9.93. The maximum absolute atomic E-state index is 11.6. The fourth-order valence-electron chi connectivity index (χ4n) is 4.58. The molecule has 1 N–H and O–H groups in total. The minimum atomic E-state index is -0.404. The minimum absolute atomic E-state index is 0.0802. The Balaban J connectivity index is 0.000000547. The molecule has 0 saturated carbocycles. The van der Waals surface area contributed by atoms with Crippen LogP contribution in [0.4, 0.5) is 10.1 Å². The van der Waals surface area contributed by atoms with Gasteiger partial charge in [-0.1, -0.05) is 50.3 Å². The van der Waals surface area contributed by atoms with Crippen molar-refractivity contribution < 1.29 is 18.8 Å². The molecule has 226 valence electrons. The summed E-state index contributed by atoms with van der Waals surface area (Å²) in [5.74, 6) is -0.0264. The van der Waals surface area contributed by atoms with E-state index < -0.39 is 5.92 Å². The molecule has 1 atom stereocenters. The van der Waals surface area contributed by atoms with Crippen molar-refractivity contribution in [1.82, 2.24) is 15.1 Å². The van der Waals surface area contributed by atoms with E-state index in [1.165, 1.54) is 0 Å². The fourth-order valence-corrected chi connectivity index (χ4v) is 4.58. The minimum Gasteiger partial charge on any atom is -0.371 e. The second kappa shape index (κ2) is 20.3. The number of alkyl halides is 1. The number of unbranched alkanes of at least 4 members (excludes halogenated alkanes) is 1. The van der Waals surface area contributed by atoms with Gasteiger partial charge in [0.2, 0.25) is 5.91 Å². The molecule has 41 heavy (non-hydrogen) atoms. The molecule has 8 heteroatoms. The highest BCUT2D eigenvalue weighted by molar-refractivity contribution is 5.88. The van der Waals surface area contributed by atoms with Crippen LogP contribution in [0, 0.1) is 5.92 Å². The van der Waals surface area contributed by atoms with Gasteiger partial charge in [-0.3, -0.25) is 18.7 Å². The zero-order valence-corrected chi connectivity index (χ0v) is 25.7. The molecule has 0 aliphatic carbocycles. The third kappa shape index (κ3) is 11.8. The van der Waals surface area contributed by atoms with E-state index in [-0.39, 0.29) is 24.3 Å². The van der Waals surface area contributed by atoms with Crippen LogP contribution in [0.5, 0.6) is 0 Å². The molecule has 1 aromatic heterocycles. The van der Waals surface area contributed by atoms with Gasteiger partial charge < -0.3 is 15.0 Å². The summed E-state index contributed by atoms with van der Waals surface area (Å²) in [6, 6.07) is 6.17. The third-order valence-electron chi connectivity index (χ3n) is 6.94. The summed E-state index contributed by atoms with van der Waals surface area (Å²) in [5, 5.41) is 8.11. The lowest BCUT2D eigenvalue weighted by Gasteiger charge is -2.32. The quantitative estimate of drug-likeness (QED) is 0.176. The summed E-state index contributed by atoms with van der Waals surface area (Å²) in [4.78, 5) is 37.1. The Morgan fingerprint density at radius 1 is 1.15 bits per heavy atom. The SMILES string of the molecule is C/C=C/C=C/C=CCCCF.CC.CNC(=O)CCC(C=O)c1nn(C)c2cc(N3CCC(C(C)=O)CC3)ccc12. The lowest BCUT2D eigenvalue weighted by Crippen LogP contribution is -2.35. The second-order valence-electron chi connectivity index (χ2n) is 9.71. The number of nitrogens with zero attached hydrogens (tertiary/aromatic N) is 3. The van der Waals surface area contributed by atoms with E-state index in [4.69, 9.17) is 0 Å². The predicted octanol–water partition coefficient (Wildman–Crippen LogP) is 6.64. The number of piperidine rings is 1. The number of fused-ring (bicyclic) bond motifs is 1. The molecule has 1 aliphatic heterocycles. The number of benzene rings is 1. The normalized spacial score (nSPS) is 14.6. The highest BCUT2D eigenvalue weighted by Crippen LogP contribution is 2.31. The number of carbonyl (C=O) groups excluding carboxylic acids is 3. The Hall–Kier alpha value is -3.55. The maximum atomic E-state index is 11.6. The first-order chi connectivity index (χ1) is 19.9. The molecule has 1 unspecified atom stereocenters. The largest absolute Gasteiger partial charge is 0.371 e. The van der Waals surface area contributed by atoms with Crippen LogP contribution in [-0.4, -0.2) is 54.6 Å². The van der Waals surface area contributed by atoms with Crippen LogP contribution in [0.25, 0.3) is 10.9 Å². The van der Waals surface area contributed by atoms with Gasteiger partial charge in [-0.05, 0) is 64.2 Å². The number of allylic oxidation sites excluding steroid dienone is 6. The number of halogens is 1. The molecular formula is C33H49FN4O3. The summed E-state index contributed by atoms with van der Waals surface area (Å²) in [6.45, 7) is 9.16. The highest BCUT2D eigenvalue weighted by atomic mass is 19.1. The number of anilines is 1. The highest BCUT2D eigenvalue weighted by Gasteiger charge is 2.24. The number of aromatic nitrogens is 2. The number of hydrogen-bond donors (Lipinski definition) is 1. The second-order valence-corrected chi connectivity index (χ2v) is 9.71.